The van der Waals surface area contributed by atoms with Crippen molar-refractivity contribution in [3.8, 4) is 0 Å². The van der Waals surface area contributed by atoms with E-state index in [0.717, 1.165) is 17.6 Å². The molecular weight excluding hydrogens is 136 g/mol. The van der Waals surface area contributed by atoms with Crippen molar-refractivity contribution in [2.24, 2.45) is 0 Å². The monoisotopic (exact) mass is 152 g/mol. The van der Waals surface area contributed by atoms with Crippen LogP contribution in [0.1, 0.15) is 33.6 Å². The fourth-order valence-corrected chi connectivity index (χ4v) is 0.744. The Kier molecular flexibility index (Phi) is 4.51. The quantitative estimate of drug-likeness (QED) is 0.447. The van der Waals surface area contributed by atoms with Crippen LogP contribution >= 0.6 is 0 Å². The van der Waals surface area contributed by atoms with E-state index in [1.54, 1.807) is 6.08 Å². The molecule has 0 saturated heterocycles. The predicted molar refractivity (Wildman–Crippen MR) is 48.5 cm³/mol. The highest BCUT2D eigenvalue weighted by molar-refractivity contribution is 5.91. The van der Waals surface area contributed by atoms with E-state index in [1.165, 1.54) is 0 Å². The molecular formula is C10H16O. The van der Waals surface area contributed by atoms with E-state index >= 15 is 0 Å². The summed E-state index contributed by atoms with van der Waals surface area (Å²) in [4.78, 5) is 11.1. The number of carbonyl (C=O) groups excluding carboxylic acids is 1. The van der Waals surface area contributed by atoms with E-state index in [0.29, 0.717) is 6.42 Å². The van der Waals surface area contributed by atoms with Crippen LogP contribution in [0.15, 0.2) is 23.8 Å². The summed E-state index contributed by atoms with van der Waals surface area (Å²) in [5.74, 6) is 0.164. The molecule has 0 unspecified atom stereocenters. The third-order valence-corrected chi connectivity index (χ3v) is 1.37. The van der Waals surface area contributed by atoms with Gasteiger partial charge in [-0.2, -0.15) is 0 Å². The van der Waals surface area contributed by atoms with Gasteiger partial charge in [0.15, 0.2) is 5.78 Å². The van der Waals surface area contributed by atoms with Gasteiger partial charge in [-0.25, -0.2) is 0 Å². The summed E-state index contributed by atoms with van der Waals surface area (Å²) < 4.78 is 0. The molecule has 1 heteroatoms. The van der Waals surface area contributed by atoms with E-state index in [-0.39, 0.29) is 5.78 Å². The number of rotatable bonds is 4. The Labute approximate surface area is 68.8 Å². The summed E-state index contributed by atoms with van der Waals surface area (Å²) in [6, 6.07) is 0. The first-order chi connectivity index (χ1) is 5.06. The number of hydrogen-bond donors (Lipinski definition) is 0. The maximum absolute atomic E-state index is 11.1. The highest BCUT2D eigenvalue weighted by atomic mass is 16.1. The van der Waals surface area contributed by atoms with Crippen molar-refractivity contribution in [3.05, 3.63) is 23.8 Å². The van der Waals surface area contributed by atoms with Crippen LogP contribution in [0.3, 0.4) is 0 Å². The Balaban J connectivity index is 3.89. The lowest BCUT2D eigenvalue weighted by Crippen LogP contribution is -1.94. The summed E-state index contributed by atoms with van der Waals surface area (Å²) >= 11 is 0. The lowest BCUT2D eigenvalue weighted by molar-refractivity contribution is -0.114. The number of allylic oxidation sites excluding steroid dienone is 3. The largest absolute Gasteiger partial charge is 0.295 e. The van der Waals surface area contributed by atoms with Crippen LogP contribution in [0.4, 0.5) is 0 Å². The molecule has 0 aromatic rings. The molecule has 0 spiro atoms. The molecule has 0 rings (SSSR count). The van der Waals surface area contributed by atoms with Gasteiger partial charge in [0.05, 0.1) is 0 Å². The number of ketones is 1. The summed E-state index contributed by atoms with van der Waals surface area (Å²) in [6.45, 7) is 9.63. The zero-order valence-corrected chi connectivity index (χ0v) is 7.61. The third-order valence-electron chi connectivity index (χ3n) is 1.37. The average Bonchev–Trinajstić information content (AvgIpc) is 1.85. The predicted octanol–water partition coefficient (Wildman–Crippen LogP) is 2.88. The Hall–Kier alpha value is -0.850. The summed E-state index contributed by atoms with van der Waals surface area (Å²) in [7, 11) is 0. The van der Waals surface area contributed by atoms with E-state index < -0.39 is 0 Å². The van der Waals surface area contributed by atoms with Crippen molar-refractivity contribution in [2.75, 3.05) is 0 Å². The minimum atomic E-state index is 0.164. The van der Waals surface area contributed by atoms with E-state index in [2.05, 4.69) is 6.58 Å². The fourth-order valence-electron chi connectivity index (χ4n) is 0.744. The van der Waals surface area contributed by atoms with E-state index in [4.69, 9.17) is 0 Å². The van der Waals surface area contributed by atoms with Gasteiger partial charge in [-0.15, -0.1) is 0 Å². The third kappa shape index (κ3) is 5.59. The van der Waals surface area contributed by atoms with Crippen LogP contribution in [0, 0.1) is 0 Å². The van der Waals surface area contributed by atoms with Gasteiger partial charge in [0.2, 0.25) is 0 Å². The Bertz CT molecular complexity index is 183. The van der Waals surface area contributed by atoms with Gasteiger partial charge in [-0.05, 0) is 26.3 Å². The maximum Gasteiger partial charge on any atom is 0.159 e. The van der Waals surface area contributed by atoms with Crippen molar-refractivity contribution in [1.82, 2.24) is 0 Å². The molecule has 0 aromatic heterocycles. The molecule has 0 N–H and O–H groups in total. The minimum absolute atomic E-state index is 0.164. The average molecular weight is 152 g/mol. The Morgan fingerprint density at radius 3 is 2.36 bits per heavy atom. The second-order valence-electron chi connectivity index (χ2n) is 2.97. The fraction of sp³-hybridized carbons (Fsp3) is 0.500. The maximum atomic E-state index is 11.1. The summed E-state index contributed by atoms with van der Waals surface area (Å²) in [6.07, 6.45) is 3.06. The second kappa shape index (κ2) is 4.89. The van der Waals surface area contributed by atoms with Crippen LogP contribution in [0.2, 0.25) is 0 Å². The van der Waals surface area contributed by atoms with Gasteiger partial charge in [-0.3, -0.25) is 4.79 Å². The zero-order chi connectivity index (χ0) is 8.85. The highest BCUT2D eigenvalue weighted by Crippen LogP contribution is 2.04. The molecule has 0 aliphatic heterocycles. The van der Waals surface area contributed by atoms with Crippen molar-refractivity contribution in [1.29, 1.82) is 0 Å². The number of carbonyl (C=O) groups is 1. The molecule has 0 aromatic carbocycles. The second-order valence-corrected chi connectivity index (χ2v) is 2.97. The first-order valence-electron chi connectivity index (χ1n) is 3.90. The van der Waals surface area contributed by atoms with Crippen LogP contribution in [0.25, 0.3) is 0 Å². The Morgan fingerprint density at radius 1 is 1.45 bits per heavy atom. The molecule has 0 atom stereocenters. The van der Waals surface area contributed by atoms with Crippen molar-refractivity contribution < 1.29 is 4.79 Å². The van der Waals surface area contributed by atoms with Gasteiger partial charge >= 0.3 is 0 Å². The van der Waals surface area contributed by atoms with Gasteiger partial charge in [0, 0.05) is 6.42 Å². The highest BCUT2D eigenvalue weighted by Gasteiger charge is 1.98. The molecule has 0 heterocycles. The van der Waals surface area contributed by atoms with Crippen molar-refractivity contribution >= 4 is 5.78 Å². The SMILES string of the molecule is C=C(CC)CC(=O)C=C(C)C. The van der Waals surface area contributed by atoms with Gasteiger partial charge < -0.3 is 0 Å². The molecule has 0 fully saturated rings. The van der Waals surface area contributed by atoms with Crippen LogP contribution < -0.4 is 0 Å². The Morgan fingerprint density at radius 2 is 2.00 bits per heavy atom. The van der Waals surface area contributed by atoms with Crippen molar-refractivity contribution in [3.63, 3.8) is 0 Å². The summed E-state index contributed by atoms with van der Waals surface area (Å²) in [5.41, 5.74) is 2.06. The molecule has 1 nitrogen and oxygen atoms in total. The van der Waals surface area contributed by atoms with Crippen molar-refractivity contribution in [2.45, 2.75) is 33.6 Å². The van der Waals surface area contributed by atoms with Crippen LogP contribution in [0.5, 0.6) is 0 Å². The standard InChI is InChI=1S/C10H16O/c1-5-9(4)7-10(11)6-8(2)3/h6H,4-5,7H2,1-3H3. The topological polar surface area (TPSA) is 17.1 Å². The first-order valence-corrected chi connectivity index (χ1v) is 3.90. The lowest BCUT2D eigenvalue weighted by Gasteiger charge is -1.97. The molecule has 0 radical (unpaired) electrons. The molecule has 0 amide bonds. The zero-order valence-electron chi connectivity index (χ0n) is 7.61. The molecule has 62 valence electrons. The molecule has 0 bridgehead atoms. The molecule has 11 heavy (non-hydrogen) atoms. The molecule has 0 aliphatic carbocycles. The van der Waals surface area contributed by atoms with Crippen LogP contribution in [-0.2, 0) is 4.79 Å². The molecule has 0 aliphatic rings. The molecule has 0 saturated carbocycles. The minimum Gasteiger partial charge on any atom is -0.295 e. The van der Waals surface area contributed by atoms with E-state index in [1.807, 2.05) is 20.8 Å². The van der Waals surface area contributed by atoms with Crippen LogP contribution in [-0.4, -0.2) is 5.78 Å². The smallest absolute Gasteiger partial charge is 0.159 e. The number of hydrogen-bond acceptors (Lipinski definition) is 1. The lowest BCUT2D eigenvalue weighted by atomic mass is 10.1. The first kappa shape index (κ1) is 10.2. The summed E-state index contributed by atoms with van der Waals surface area (Å²) in [5, 5.41) is 0. The van der Waals surface area contributed by atoms with Gasteiger partial charge in [-0.1, -0.05) is 24.6 Å². The van der Waals surface area contributed by atoms with E-state index in [9.17, 15) is 4.79 Å². The van der Waals surface area contributed by atoms with Gasteiger partial charge in [0.1, 0.15) is 0 Å². The normalized spacial score (nSPS) is 9.00. The van der Waals surface area contributed by atoms with Gasteiger partial charge in [0.25, 0.3) is 0 Å².